The van der Waals surface area contributed by atoms with Gasteiger partial charge in [-0.1, -0.05) is 0 Å². The Hall–Kier alpha value is -1.75. The Morgan fingerprint density at radius 2 is 2.25 bits per heavy atom. The van der Waals surface area contributed by atoms with Crippen molar-refractivity contribution in [3.05, 3.63) is 23.8 Å². The van der Waals surface area contributed by atoms with Gasteiger partial charge in [0.05, 0.1) is 7.11 Å². The van der Waals surface area contributed by atoms with Crippen molar-refractivity contribution < 1.29 is 14.6 Å². The Bertz CT molecular complexity index is 488. The Kier molecular flexibility index (Phi) is 4.49. The molecule has 2 rings (SSSR count). The van der Waals surface area contributed by atoms with E-state index in [-0.39, 0.29) is 23.7 Å². The van der Waals surface area contributed by atoms with Crippen molar-refractivity contribution in [2.75, 3.05) is 13.7 Å². The van der Waals surface area contributed by atoms with E-state index in [9.17, 15) is 9.90 Å². The molecule has 1 heterocycles. The van der Waals surface area contributed by atoms with Crippen molar-refractivity contribution in [1.82, 2.24) is 4.90 Å². The molecule has 0 spiro atoms. The number of ether oxygens (including phenoxy) is 1. The average molecular weight is 278 g/mol. The summed E-state index contributed by atoms with van der Waals surface area (Å²) in [5.41, 5.74) is 6.45. The summed E-state index contributed by atoms with van der Waals surface area (Å²) in [6.45, 7) is 2.65. The molecule has 0 bridgehead atoms. The van der Waals surface area contributed by atoms with Gasteiger partial charge < -0.3 is 20.5 Å². The maximum Gasteiger partial charge on any atom is 0.254 e. The summed E-state index contributed by atoms with van der Waals surface area (Å²) in [5.74, 6) is 0.265. The van der Waals surface area contributed by atoms with Crippen molar-refractivity contribution in [1.29, 1.82) is 0 Å². The lowest BCUT2D eigenvalue weighted by atomic mass is 9.96. The van der Waals surface area contributed by atoms with Crippen molar-refractivity contribution in [2.45, 2.75) is 38.3 Å². The number of amides is 1. The zero-order valence-corrected chi connectivity index (χ0v) is 12.0. The van der Waals surface area contributed by atoms with Crippen molar-refractivity contribution >= 4 is 5.91 Å². The number of methoxy groups -OCH3 is 1. The highest BCUT2D eigenvalue weighted by atomic mass is 16.5. The van der Waals surface area contributed by atoms with Crippen LogP contribution < -0.4 is 10.5 Å². The molecule has 0 radical (unpaired) electrons. The first-order valence-electron chi connectivity index (χ1n) is 6.98. The van der Waals surface area contributed by atoms with E-state index in [1.54, 1.807) is 12.1 Å². The number of nitrogens with zero attached hydrogens (tertiary/aromatic N) is 1. The van der Waals surface area contributed by atoms with Gasteiger partial charge in [-0.3, -0.25) is 4.79 Å². The molecule has 1 aliphatic rings. The predicted octanol–water partition coefficient (Wildman–Crippen LogP) is 1.74. The maximum atomic E-state index is 12.6. The normalized spacial score (nSPS) is 20.6. The van der Waals surface area contributed by atoms with Crippen molar-refractivity contribution in [3.63, 3.8) is 0 Å². The van der Waals surface area contributed by atoms with Crippen LogP contribution in [-0.4, -0.2) is 41.7 Å². The summed E-state index contributed by atoms with van der Waals surface area (Å²) >= 11 is 0. The summed E-state index contributed by atoms with van der Waals surface area (Å²) in [6, 6.07) is 4.75. The fourth-order valence-corrected chi connectivity index (χ4v) is 2.75. The van der Waals surface area contributed by atoms with Crippen LogP contribution in [0.5, 0.6) is 11.5 Å². The molecular weight excluding hydrogens is 256 g/mol. The highest BCUT2D eigenvalue weighted by Crippen LogP contribution is 2.28. The van der Waals surface area contributed by atoms with E-state index < -0.39 is 0 Å². The van der Waals surface area contributed by atoms with Gasteiger partial charge in [0, 0.05) is 24.2 Å². The van der Waals surface area contributed by atoms with Gasteiger partial charge in [0.1, 0.15) is 0 Å². The molecule has 110 valence electrons. The van der Waals surface area contributed by atoms with Crippen LogP contribution in [0, 0.1) is 0 Å². The van der Waals surface area contributed by atoms with Crippen molar-refractivity contribution in [2.24, 2.45) is 5.73 Å². The Labute approximate surface area is 119 Å². The molecule has 5 heteroatoms. The number of rotatable bonds is 3. The molecule has 1 saturated heterocycles. The average Bonchev–Trinajstić information content (AvgIpc) is 2.46. The van der Waals surface area contributed by atoms with Gasteiger partial charge in [-0.2, -0.15) is 0 Å². The fraction of sp³-hybridized carbons (Fsp3) is 0.533. The number of hydrogen-bond acceptors (Lipinski definition) is 4. The minimum Gasteiger partial charge on any atom is -0.504 e. The van der Waals surface area contributed by atoms with Crippen molar-refractivity contribution in [3.8, 4) is 11.5 Å². The van der Waals surface area contributed by atoms with Crippen LogP contribution in [0.1, 0.15) is 36.5 Å². The molecule has 1 fully saturated rings. The van der Waals surface area contributed by atoms with Gasteiger partial charge in [0.25, 0.3) is 5.91 Å². The molecule has 3 N–H and O–H groups in total. The summed E-state index contributed by atoms with van der Waals surface area (Å²) in [7, 11) is 1.48. The van der Waals surface area contributed by atoms with Gasteiger partial charge in [0.2, 0.25) is 0 Å². The largest absolute Gasteiger partial charge is 0.504 e. The summed E-state index contributed by atoms with van der Waals surface area (Å²) in [4.78, 5) is 14.4. The number of benzene rings is 1. The zero-order valence-electron chi connectivity index (χ0n) is 12.0. The van der Waals surface area contributed by atoms with Gasteiger partial charge >= 0.3 is 0 Å². The van der Waals surface area contributed by atoms with Crippen LogP contribution in [0.15, 0.2) is 18.2 Å². The number of likely N-dealkylation sites (tertiary alicyclic amines) is 1. The first kappa shape index (κ1) is 14.7. The number of nitrogens with two attached hydrogens (primary N) is 1. The molecule has 2 atom stereocenters. The quantitative estimate of drug-likeness (QED) is 0.883. The third-order valence-electron chi connectivity index (χ3n) is 3.84. The lowest BCUT2D eigenvalue weighted by molar-refractivity contribution is 0.0583. The van der Waals surface area contributed by atoms with Crippen LogP contribution >= 0.6 is 0 Å². The Morgan fingerprint density at radius 1 is 1.50 bits per heavy atom. The summed E-state index contributed by atoms with van der Waals surface area (Å²) in [6.07, 6.45) is 3.03. The molecule has 1 aromatic rings. The summed E-state index contributed by atoms with van der Waals surface area (Å²) in [5, 5.41) is 9.79. The molecule has 0 aromatic heterocycles. The molecule has 20 heavy (non-hydrogen) atoms. The van der Waals surface area contributed by atoms with Crippen LogP contribution in [-0.2, 0) is 0 Å². The Morgan fingerprint density at radius 3 is 2.85 bits per heavy atom. The van der Waals surface area contributed by atoms with E-state index >= 15 is 0 Å². The smallest absolute Gasteiger partial charge is 0.254 e. The second-order valence-electron chi connectivity index (χ2n) is 5.31. The monoisotopic (exact) mass is 278 g/mol. The van der Waals surface area contributed by atoms with Crippen LogP contribution in [0.4, 0.5) is 0 Å². The maximum absolute atomic E-state index is 12.6. The second-order valence-corrected chi connectivity index (χ2v) is 5.31. The number of carbonyl (C=O) groups is 1. The van der Waals surface area contributed by atoms with Crippen LogP contribution in [0.25, 0.3) is 0 Å². The summed E-state index contributed by atoms with van der Waals surface area (Å²) < 4.78 is 4.99. The fourth-order valence-electron chi connectivity index (χ4n) is 2.75. The van der Waals surface area contributed by atoms with E-state index in [1.165, 1.54) is 13.2 Å². The molecule has 1 amide bonds. The second kappa shape index (κ2) is 6.13. The molecule has 1 aliphatic heterocycles. The minimum absolute atomic E-state index is 0.0206. The Balaban J connectivity index is 2.23. The van der Waals surface area contributed by atoms with Crippen LogP contribution in [0.3, 0.4) is 0 Å². The first-order chi connectivity index (χ1) is 9.54. The third kappa shape index (κ3) is 2.88. The molecule has 2 unspecified atom stereocenters. The third-order valence-corrected chi connectivity index (χ3v) is 3.84. The number of phenolic OH excluding ortho intramolecular Hbond substituents is 1. The highest BCUT2D eigenvalue weighted by molar-refractivity contribution is 5.95. The first-order valence-corrected chi connectivity index (χ1v) is 6.98. The van der Waals surface area contributed by atoms with E-state index in [2.05, 4.69) is 0 Å². The number of piperidine rings is 1. The molecule has 5 nitrogen and oxygen atoms in total. The number of phenols is 1. The topological polar surface area (TPSA) is 75.8 Å². The van der Waals surface area contributed by atoms with Gasteiger partial charge in [-0.15, -0.1) is 0 Å². The van der Waals surface area contributed by atoms with Gasteiger partial charge in [-0.05, 0) is 44.4 Å². The number of aromatic hydroxyl groups is 1. The zero-order chi connectivity index (χ0) is 14.7. The lowest BCUT2D eigenvalue weighted by Gasteiger charge is -2.38. The van der Waals surface area contributed by atoms with E-state index in [0.29, 0.717) is 11.3 Å². The minimum atomic E-state index is -0.0787. The van der Waals surface area contributed by atoms with E-state index in [0.717, 1.165) is 25.8 Å². The highest BCUT2D eigenvalue weighted by Gasteiger charge is 2.30. The number of carbonyl (C=O) groups excluding carboxylic acids is 1. The van der Waals surface area contributed by atoms with E-state index in [4.69, 9.17) is 10.5 Å². The lowest BCUT2D eigenvalue weighted by Crippen LogP contribution is -2.51. The molecule has 0 saturated carbocycles. The predicted molar refractivity (Wildman–Crippen MR) is 77.0 cm³/mol. The SMILES string of the molecule is COc1ccc(C(=O)N2CCCCC2C(C)N)cc1O. The van der Waals surface area contributed by atoms with Gasteiger partial charge in [-0.25, -0.2) is 0 Å². The standard InChI is InChI=1S/C15H22N2O3/c1-10(16)12-5-3-4-8-17(12)15(19)11-6-7-14(20-2)13(18)9-11/h6-7,9-10,12,18H,3-5,8,16H2,1-2H3. The van der Waals surface area contributed by atoms with Gasteiger partial charge in [0.15, 0.2) is 11.5 Å². The molecule has 0 aliphatic carbocycles. The van der Waals surface area contributed by atoms with Crippen LogP contribution in [0.2, 0.25) is 0 Å². The molecule has 1 aromatic carbocycles. The van der Waals surface area contributed by atoms with E-state index in [1.807, 2.05) is 11.8 Å². The molecular formula is C15H22N2O3. The number of hydrogen-bond donors (Lipinski definition) is 2.